The molecule has 2 aromatic carbocycles. The first kappa shape index (κ1) is 14.9. The molecule has 1 unspecified atom stereocenters. The Balaban J connectivity index is 2.23. The number of methoxy groups -OCH3 is 1. The maximum atomic E-state index is 13.5. The molecule has 1 atom stereocenters. The van der Waals surface area contributed by atoms with Gasteiger partial charge in [0.15, 0.2) is 11.6 Å². The van der Waals surface area contributed by atoms with Crippen molar-refractivity contribution in [1.29, 1.82) is 0 Å². The van der Waals surface area contributed by atoms with Crippen LogP contribution in [0.2, 0.25) is 0 Å². The number of hydrogen-bond acceptors (Lipinski definition) is 2. The fourth-order valence-corrected chi connectivity index (χ4v) is 2.52. The molecule has 0 aliphatic carbocycles. The molecular weight excluding hydrogens is 330 g/mol. The fraction of sp³-hybridized carbons (Fsp3) is 0.200. The molecule has 0 saturated heterocycles. The van der Waals surface area contributed by atoms with Crippen molar-refractivity contribution in [2.75, 3.05) is 7.11 Å². The Hall–Kier alpha value is -1.46. The Morgan fingerprint density at radius 2 is 2.00 bits per heavy atom. The van der Waals surface area contributed by atoms with Gasteiger partial charge in [-0.2, -0.15) is 0 Å². The van der Waals surface area contributed by atoms with Crippen LogP contribution in [0.3, 0.4) is 0 Å². The van der Waals surface area contributed by atoms with E-state index in [1.165, 1.54) is 6.07 Å². The summed E-state index contributed by atoms with van der Waals surface area (Å²) in [6, 6.07) is 9.60. The molecule has 0 aliphatic heterocycles. The van der Waals surface area contributed by atoms with Crippen molar-refractivity contribution in [3.8, 4) is 5.75 Å². The van der Waals surface area contributed by atoms with Crippen molar-refractivity contribution >= 4 is 15.9 Å². The van der Waals surface area contributed by atoms with E-state index in [0.717, 1.165) is 11.6 Å². The Morgan fingerprint density at radius 1 is 1.25 bits per heavy atom. The lowest BCUT2D eigenvalue weighted by atomic mass is 10.0. The van der Waals surface area contributed by atoms with Gasteiger partial charge in [0.1, 0.15) is 5.75 Å². The molecule has 5 heteroatoms. The molecule has 0 fully saturated rings. The van der Waals surface area contributed by atoms with Crippen molar-refractivity contribution in [2.24, 2.45) is 0 Å². The second-order valence-electron chi connectivity index (χ2n) is 4.34. The molecule has 0 amide bonds. The molecular formula is C15H13BrF2O2. The van der Waals surface area contributed by atoms with E-state index in [4.69, 9.17) is 4.74 Å². The van der Waals surface area contributed by atoms with Crippen molar-refractivity contribution in [3.63, 3.8) is 0 Å². The summed E-state index contributed by atoms with van der Waals surface area (Å²) in [7, 11) is 1.56. The van der Waals surface area contributed by atoms with E-state index in [0.29, 0.717) is 11.3 Å². The number of rotatable bonds is 4. The molecule has 1 N–H and O–H groups in total. The lowest BCUT2D eigenvalue weighted by Gasteiger charge is -2.14. The SMILES string of the molecule is COc1cccc(CC(O)c2ccc(F)c(F)c2Br)c1. The zero-order chi connectivity index (χ0) is 14.7. The summed E-state index contributed by atoms with van der Waals surface area (Å²) in [5, 5.41) is 10.2. The number of aliphatic hydroxyl groups excluding tert-OH is 1. The van der Waals surface area contributed by atoms with Crippen LogP contribution in [-0.4, -0.2) is 12.2 Å². The van der Waals surface area contributed by atoms with E-state index >= 15 is 0 Å². The van der Waals surface area contributed by atoms with Gasteiger partial charge in [-0.3, -0.25) is 0 Å². The van der Waals surface area contributed by atoms with Crippen molar-refractivity contribution in [1.82, 2.24) is 0 Å². The summed E-state index contributed by atoms with van der Waals surface area (Å²) in [5.41, 5.74) is 1.15. The molecule has 2 rings (SSSR count). The molecule has 106 valence electrons. The monoisotopic (exact) mass is 342 g/mol. The third kappa shape index (κ3) is 3.16. The van der Waals surface area contributed by atoms with Crippen LogP contribution in [0, 0.1) is 11.6 Å². The molecule has 2 nitrogen and oxygen atoms in total. The van der Waals surface area contributed by atoms with Gasteiger partial charge >= 0.3 is 0 Å². The highest BCUT2D eigenvalue weighted by molar-refractivity contribution is 9.10. The highest BCUT2D eigenvalue weighted by atomic mass is 79.9. The van der Waals surface area contributed by atoms with Gasteiger partial charge in [-0.1, -0.05) is 18.2 Å². The van der Waals surface area contributed by atoms with Crippen LogP contribution in [0.5, 0.6) is 5.75 Å². The Kier molecular flexibility index (Phi) is 4.73. The van der Waals surface area contributed by atoms with Crippen molar-refractivity contribution < 1.29 is 18.6 Å². The van der Waals surface area contributed by atoms with E-state index in [1.54, 1.807) is 25.3 Å². The Morgan fingerprint density at radius 3 is 2.70 bits per heavy atom. The smallest absolute Gasteiger partial charge is 0.173 e. The lowest BCUT2D eigenvalue weighted by Crippen LogP contribution is -2.05. The van der Waals surface area contributed by atoms with Gasteiger partial charge in [0.25, 0.3) is 0 Å². The van der Waals surface area contributed by atoms with Gasteiger partial charge in [0, 0.05) is 6.42 Å². The van der Waals surface area contributed by atoms with E-state index < -0.39 is 17.7 Å². The zero-order valence-electron chi connectivity index (χ0n) is 10.7. The second-order valence-corrected chi connectivity index (χ2v) is 5.13. The second kappa shape index (κ2) is 6.33. The molecule has 0 radical (unpaired) electrons. The van der Waals surface area contributed by atoms with Crippen LogP contribution in [0.25, 0.3) is 0 Å². The molecule has 0 saturated carbocycles. The minimum Gasteiger partial charge on any atom is -0.497 e. The van der Waals surface area contributed by atoms with E-state index in [1.807, 2.05) is 6.07 Å². The number of ether oxygens (including phenoxy) is 1. The topological polar surface area (TPSA) is 29.5 Å². The first-order valence-electron chi connectivity index (χ1n) is 5.97. The first-order chi connectivity index (χ1) is 9.52. The van der Waals surface area contributed by atoms with E-state index in [2.05, 4.69) is 15.9 Å². The molecule has 20 heavy (non-hydrogen) atoms. The van der Waals surface area contributed by atoms with Gasteiger partial charge < -0.3 is 9.84 Å². The summed E-state index contributed by atoms with van der Waals surface area (Å²) >= 11 is 2.97. The quantitative estimate of drug-likeness (QED) is 0.850. The molecule has 0 heterocycles. The predicted molar refractivity (Wildman–Crippen MR) is 75.7 cm³/mol. The number of benzene rings is 2. The maximum Gasteiger partial charge on any atom is 0.173 e. The van der Waals surface area contributed by atoms with Gasteiger partial charge in [-0.25, -0.2) is 8.78 Å². The fourth-order valence-electron chi connectivity index (χ4n) is 1.93. The van der Waals surface area contributed by atoms with Crippen molar-refractivity contribution in [2.45, 2.75) is 12.5 Å². The number of hydrogen-bond donors (Lipinski definition) is 1. The van der Waals surface area contributed by atoms with E-state index in [-0.39, 0.29) is 10.9 Å². The van der Waals surface area contributed by atoms with Crippen molar-refractivity contribution in [3.05, 3.63) is 63.6 Å². The minimum absolute atomic E-state index is 0.0482. The summed E-state index contributed by atoms with van der Waals surface area (Å²) in [4.78, 5) is 0. The standard InChI is InChI=1S/C15H13BrF2O2/c1-20-10-4-2-3-9(7-10)8-13(19)11-5-6-12(17)15(18)14(11)16/h2-7,13,19H,8H2,1H3. The van der Waals surface area contributed by atoms with Crippen LogP contribution in [0.15, 0.2) is 40.9 Å². The summed E-state index contributed by atoms with van der Waals surface area (Å²) in [6.45, 7) is 0. The maximum absolute atomic E-state index is 13.5. The van der Waals surface area contributed by atoms with Crippen LogP contribution < -0.4 is 4.74 Å². The summed E-state index contributed by atoms with van der Waals surface area (Å²) < 4.78 is 31.6. The highest BCUT2D eigenvalue weighted by Crippen LogP contribution is 2.30. The largest absolute Gasteiger partial charge is 0.497 e. The summed E-state index contributed by atoms with van der Waals surface area (Å²) in [5.74, 6) is -1.26. The van der Waals surface area contributed by atoms with Crippen LogP contribution >= 0.6 is 15.9 Å². The van der Waals surface area contributed by atoms with E-state index in [9.17, 15) is 13.9 Å². The third-order valence-corrected chi connectivity index (χ3v) is 3.79. The zero-order valence-corrected chi connectivity index (χ0v) is 12.3. The number of halogens is 3. The van der Waals surface area contributed by atoms with Gasteiger partial charge in [-0.05, 0) is 45.3 Å². The number of aliphatic hydroxyl groups is 1. The molecule has 0 bridgehead atoms. The lowest BCUT2D eigenvalue weighted by molar-refractivity contribution is 0.177. The van der Waals surface area contributed by atoms with Crippen LogP contribution in [0.1, 0.15) is 17.2 Å². The molecule has 0 aliphatic rings. The summed E-state index contributed by atoms with van der Waals surface area (Å²) in [6.07, 6.45) is -0.660. The highest BCUT2D eigenvalue weighted by Gasteiger charge is 2.17. The van der Waals surface area contributed by atoms with Gasteiger partial charge in [0.05, 0.1) is 17.7 Å². The molecule has 0 spiro atoms. The third-order valence-electron chi connectivity index (χ3n) is 2.99. The van der Waals surface area contributed by atoms with Gasteiger partial charge in [-0.15, -0.1) is 0 Å². The minimum atomic E-state index is -0.993. The predicted octanol–water partition coefficient (Wildman–Crippen LogP) is 4.01. The Bertz CT molecular complexity index is 617. The molecule has 2 aromatic rings. The van der Waals surface area contributed by atoms with Crippen LogP contribution in [0.4, 0.5) is 8.78 Å². The molecule has 0 aromatic heterocycles. The average molecular weight is 343 g/mol. The Labute approximate surface area is 124 Å². The average Bonchev–Trinajstić information content (AvgIpc) is 2.45. The first-order valence-corrected chi connectivity index (χ1v) is 6.76. The normalized spacial score (nSPS) is 12.2. The van der Waals surface area contributed by atoms with Gasteiger partial charge in [0.2, 0.25) is 0 Å². The van der Waals surface area contributed by atoms with Crippen LogP contribution in [-0.2, 0) is 6.42 Å².